The van der Waals surface area contributed by atoms with Gasteiger partial charge in [0, 0.05) is 19.3 Å². The Hall–Kier alpha value is -3.27. The van der Waals surface area contributed by atoms with Gasteiger partial charge in [-0.3, -0.25) is 14.3 Å². The lowest BCUT2D eigenvalue weighted by molar-refractivity contribution is 0.0913. The van der Waals surface area contributed by atoms with Crippen molar-refractivity contribution in [1.29, 1.82) is 0 Å². The Kier molecular flexibility index (Phi) is 5.16. The second-order valence-corrected chi connectivity index (χ2v) is 8.81. The maximum absolute atomic E-state index is 14.8. The highest BCUT2D eigenvalue weighted by molar-refractivity contribution is 6.05. The Labute approximate surface area is 184 Å². The molecule has 0 unspecified atom stereocenters. The summed E-state index contributed by atoms with van der Waals surface area (Å²) in [5.41, 5.74) is 0.990. The number of rotatable bonds is 4. The van der Waals surface area contributed by atoms with Crippen molar-refractivity contribution in [3.63, 3.8) is 0 Å². The Bertz CT molecular complexity index is 1190. The highest BCUT2D eigenvalue weighted by Gasteiger charge is 2.31. The van der Waals surface area contributed by atoms with Crippen LogP contribution in [0.5, 0.6) is 0 Å². The minimum absolute atomic E-state index is 0.0426. The van der Waals surface area contributed by atoms with Gasteiger partial charge in [-0.25, -0.2) is 9.37 Å². The number of carbonyl (C=O) groups excluding carboxylic acids is 2. The number of hydrogen-bond acceptors (Lipinski definition) is 5. The summed E-state index contributed by atoms with van der Waals surface area (Å²) in [4.78, 5) is 31.7. The number of anilines is 1. The number of likely N-dealkylation sites (tertiary alicyclic amines) is 1. The highest BCUT2D eigenvalue weighted by atomic mass is 19.1. The number of piperidine rings is 1. The minimum Gasteiger partial charge on any atom is -0.349 e. The second kappa shape index (κ2) is 8.01. The van der Waals surface area contributed by atoms with Crippen molar-refractivity contribution in [3.8, 4) is 0 Å². The SMILES string of the molecule is C[C@@H]1CNC(=O)c2c(F)c3ccc(C(=O)Nc4cnn(CC5CCN(C)CC5)c4)nc3n21. The summed E-state index contributed by atoms with van der Waals surface area (Å²) in [6.45, 7) is 5.25. The molecule has 1 fully saturated rings. The van der Waals surface area contributed by atoms with E-state index in [0.29, 0.717) is 23.8 Å². The molecule has 5 rings (SSSR count). The van der Waals surface area contributed by atoms with Gasteiger partial charge in [0.1, 0.15) is 17.0 Å². The monoisotopic (exact) mass is 439 g/mol. The molecule has 2 N–H and O–H groups in total. The Balaban J connectivity index is 1.34. The number of fused-ring (bicyclic) bond motifs is 3. The van der Waals surface area contributed by atoms with Crippen LogP contribution in [0.1, 0.15) is 46.8 Å². The van der Waals surface area contributed by atoms with Crippen LogP contribution < -0.4 is 10.6 Å². The van der Waals surface area contributed by atoms with E-state index in [0.717, 1.165) is 32.5 Å². The summed E-state index contributed by atoms with van der Waals surface area (Å²) in [6.07, 6.45) is 5.71. The fourth-order valence-electron chi connectivity index (χ4n) is 4.55. The standard InChI is InChI=1S/C22H26FN7O2/c1-13-9-24-22(32)19-18(23)16-3-4-17(27-20(16)30(13)19)21(31)26-15-10-25-29(12-15)11-14-5-7-28(2)8-6-14/h3-4,10,12-14H,5-9,11H2,1-2H3,(H,24,32)(H,26,31)/t13-/m1/s1. The fourth-order valence-corrected chi connectivity index (χ4v) is 4.55. The zero-order valence-electron chi connectivity index (χ0n) is 18.1. The zero-order valence-corrected chi connectivity index (χ0v) is 18.1. The van der Waals surface area contributed by atoms with Crippen LogP contribution in [0.3, 0.4) is 0 Å². The molecule has 0 aliphatic carbocycles. The van der Waals surface area contributed by atoms with E-state index in [4.69, 9.17) is 0 Å². The number of amides is 2. The molecule has 0 bridgehead atoms. The number of carbonyl (C=O) groups is 2. The molecular formula is C22H26FN7O2. The van der Waals surface area contributed by atoms with Crippen molar-refractivity contribution in [2.24, 2.45) is 5.92 Å². The molecule has 0 saturated carbocycles. The minimum atomic E-state index is -0.612. The summed E-state index contributed by atoms with van der Waals surface area (Å²) < 4.78 is 18.2. The molecule has 168 valence electrons. The number of halogens is 1. The first-order valence-corrected chi connectivity index (χ1v) is 10.9. The quantitative estimate of drug-likeness (QED) is 0.650. The van der Waals surface area contributed by atoms with Crippen molar-refractivity contribution in [2.45, 2.75) is 32.4 Å². The summed E-state index contributed by atoms with van der Waals surface area (Å²) in [7, 11) is 2.14. The van der Waals surface area contributed by atoms with E-state index in [9.17, 15) is 14.0 Å². The molecule has 32 heavy (non-hydrogen) atoms. The van der Waals surface area contributed by atoms with Gasteiger partial charge >= 0.3 is 0 Å². The molecule has 1 atom stereocenters. The molecule has 2 aliphatic rings. The van der Waals surface area contributed by atoms with Crippen LogP contribution in [0, 0.1) is 11.7 Å². The lowest BCUT2D eigenvalue weighted by Crippen LogP contribution is -2.38. The molecule has 9 nitrogen and oxygen atoms in total. The van der Waals surface area contributed by atoms with Crippen molar-refractivity contribution in [3.05, 3.63) is 41.7 Å². The average Bonchev–Trinajstić information content (AvgIpc) is 3.34. The summed E-state index contributed by atoms with van der Waals surface area (Å²) in [5, 5.41) is 10.1. The molecule has 3 aromatic rings. The lowest BCUT2D eigenvalue weighted by atomic mass is 9.97. The summed E-state index contributed by atoms with van der Waals surface area (Å²) >= 11 is 0. The van der Waals surface area contributed by atoms with Crippen LogP contribution in [0.15, 0.2) is 24.5 Å². The maximum atomic E-state index is 14.8. The largest absolute Gasteiger partial charge is 0.349 e. The van der Waals surface area contributed by atoms with E-state index < -0.39 is 17.6 Å². The predicted molar refractivity (Wildman–Crippen MR) is 117 cm³/mol. The third-order valence-electron chi connectivity index (χ3n) is 6.41. The Morgan fingerprint density at radius 1 is 1.31 bits per heavy atom. The first-order valence-electron chi connectivity index (χ1n) is 10.9. The van der Waals surface area contributed by atoms with Crippen LogP contribution in [0.2, 0.25) is 0 Å². The van der Waals surface area contributed by atoms with Gasteiger partial charge in [0.2, 0.25) is 0 Å². The number of pyridine rings is 1. The van der Waals surface area contributed by atoms with Crippen molar-refractivity contribution >= 4 is 28.5 Å². The molecule has 0 aromatic carbocycles. The molecule has 3 aromatic heterocycles. The zero-order chi connectivity index (χ0) is 22.4. The number of hydrogen-bond donors (Lipinski definition) is 2. The van der Waals surface area contributed by atoms with Crippen molar-refractivity contribution in [1.82, 2.24) is 29.5 Å². The third kappa shape index (κ3) is 3.64. The van der Waals surface area contributed by atoms with E-state index in [1.54, 1.807) is 10.8 Å². The topological polar surface area (TPSA) is 97.1 Å². The van der Waals surface area contributed by atoms with Gasteiger partial charge in [0.15, 0.2) is 5.82 Å². The molecule has 1 saturated heterocycles. The number of nitrogens with zero attached hydrogens (tertiary/aromatic N) is 5. The van der Waals surface area contributed by atoms with Crippen LogP contribution >= 0.6 is 0 Å². The van der Waals surface area contributed by atoms with E-state index in [1.165, 1.54) is 12.1 Å². The number of nitrogens with one attached hydrogen (secondary N) is 2. The smallest absolute Gasteiger partial charge is 0.274 e. The van der Waals surface area contributed by atoms with Crippen LogP contribution in [-0.4, -0.2) is 62.7 Å². The van der Waals surface area contributed by atoms with Gasteiger partial charge < -0.3 is 20.1 Å². The molecule has 2 aliphatic heterocycles. The second-order valence-electron chi connectivity index (χ2n) is 8.81. The third-order valence-corrected chi connectivity index (χ3v) is 6.41. The molecule has 0 radical (unpaired) electrons. The van der Waals surface area contributed by atoms with Gasteiger partial charge in [-0.1, -0.05) is 0 Å². The Morgan fingerprint density at radius 2 is 2.09 bits per heavy atom. The van der Waals surface area contributed by atoms with E-state index in [2.05, 4.69) is 32.7 Å². The Morgan fingerprint density at radius 3 is 2.88 bits per heavy atom. The lowest BCUT2D eigenvalue weighted by Gasteiger charge is -2.28. The molecule has 0 spiro atoms. The molecule has 2 amide bonds. The van der Waals surface area contributed by atoms with Gasteiger partial charge in [-0.2, -0.15) is 5.10 Å². The van der Waals surface area contributed by atoms with Crippen molar-refractivity contribution in [2.75, 3.05) is 32.0 Å². The van der Waals surface area contributed by atoms with Crippen LogP contribution in [0.4, 0.5) is 10.1 Å². The average molecular weight is 439 g/mol. The molecular weight excluding hydrogens is 413 g/mol. The molecule has 10 heteroatoms. The fraction of sp³-hybridized carbons (Fsp3) is 0.455. The van der Waals surface area contributed by atoms with Gasteiger partial charge in [0.05, 0.1) is 23.3 Å². The van der Waals surface area contributed by atoms with Gasteiger partial charge in [-0.15, -0.1) is 0 Å². The highest BCUT2D eigenvalue weighted by Crippen LogP contribution is 2.29. The predicted octanol–water partition coefficient (Wildman–Crippen LogP) is 2.27. The summed E-state index contributed by atoms with van der Waals surface area (Å²) in [5.74, 6) is -0.914. The maximum Gasteiger partial charge on any atom is 0.274 e. The van der Waals surface area contributed by atoms with E-state index in [-0.39, 0.29) is 22.8 Å². The van der Waals surface area contributed by atoms with Crippen LogP contribution in [-0.2, 0) is 6.54 Å². The summed E-state index contributed by atoms with van der Waals surface area (Å²) in [6, 6.07) is 2.80. The first kappa shape index (κ1) is 20.6. The van der Waals surface area contributed by atoms with E-state index in [1.807, 2.05) is 17.8 Å². The normalized spacial score (nSPS) is 19.7. The van der Waals surface area contributed by atoms with Gasteiger partial charge in [-0.05, 0) is 58.0 Å². The molecule has 5 heterocycles. The van der Waals surface area contributed by atoms with Crippen LogP contribution in [0.25, 0.3) is 11.0 Å². The van der Waals surface area contributed by atoms with Gasteiger partial charge in [0.25, 0.3) is 11.8 Å². The van der Waals surface area contributed by atoms with Crippen molar-refractivity contribution < 1.29 is 14.0 Å². The first-order chi connectivity index (χ1) is 15.4. The number of aromatic nitrogens is 4. The van der Waals surface area contributed by atoms with E-state index >= 15 is 0 Å².